The molecule has 0 fully saturated rings. The van der Waals surface area contributed by atoms with E-state index in [2.05, 4.69) is 38.2 Å². The molecule has 0 amide bonds. The van der Waals surface area contributed by atoms with E-state index in [4.69, 9.17) is 27.9 Å². The maximum absolute atomic E-state index is 12.8. The Morgan fingerprint density at radius 1 is 0.408 bits per heavy atom. The lowest BCUT2D eigenvalue weighted by atomic mass is 10.0. The van der Waals surface area contributed by atoms with Crippen molar-refractivity contribution in [2.75, 3.05) is 33.1 Å². The van der Waals surface area contributed by atoms with Crippen molar-refractivity contribution in [3.05, 3.63) is 24.3 Å². The first-order valence-electron chi connectivity index (χ1n) is 28.5. The van der Waals surface area contributed by atoms with Crippen molar-refractivity contribution in [2.24, 2.45) is 0 Å². The summed E-state index contributed by atoms with van der Waals surface area (Å²) in [5.74, 6) is -0.898. The number of rotatable bonds is 55. The standard InChI is InChI=1S/C56H104O13P2/c1-4-6-8-10-12-14-16-18-20-22-24-26-28-30-34-38-47-56(60)69-54(50-65-55(59)46-37-33-29-27-25-23-21-19-17-15-13-11-9-7-5-2)51-68-71(63,64)67-49-41-45-53(58)44-40-43-52(57)42-36-32-31-35-39-48-66-70(3,61)62/h18-21,54H,4-17,22-51H2,1-3H3,(H,61,62)(H,63,64)/b20-18+,21-19+/t54-/m1/s1. The quantitative estimate of drug-likeness (QED) is 0.0254. The van der Waals surface area contributed by atoms with Crippen LogP contribution in [-0.2, 0) is 51.4 Å². The normalized spacial score (nSPS) is 13.9. The zero-order chi connectivity index (χ0) is 52.4. The third-order valence-corrected chi connectivity index (χ3v) is 14.0. The predicted molar refractivity (Wildman–Crippen MR) is 289 cm³/mol. The Labute approximate surface area is 432 Å². The molecule has 71 heavy (non-hydrogen) atoms. The molecule has 0 aromatic carbocycles. The summed E-state index contributed by atoms with van der Waals surface area (Å²) in [5.41, 5.74) is 0. The maximum Gasteiger partial charge on any atom is 0.472 e. The molecule has 15 heteroatoms. The van der Waals surface area contributed by atoms with Gasteiger partial charge in [0.15, 0.2) is 6.10 Å². The number of hydrogen-bond donors (Lipinski definition) is 2. The van der Waals surface area contributed by atoms with E-state index in [1.165, 1.54) is 83.5 Å². The molecule has 416 valence electrons. The van der Waals surface area contributed by atoms with Crippen LogP contribution in [0.5, 0.6) is 0 Å². The SMILES string of the molecule is CCCCCCCC/C=C/CCCCCCCCC(=O)O[C@H](COC(=O)CCCCCCC/C=C/CCCCCCCC)COP(=O)(O)OCCCC(=O)CCCC(=O)CCCCCCCOP(C)(=O)O. The molecule has 0 saturated heterocycles. The average molecular weight is 1050 g/mol. The number of ketones is 2. The van der Waals surface area contributed by atoms with Crippen molar-refractivity contribution in [3.8, 4) is 0 Å². The van der Waals surface area contributed by atoms with Crippen molar-refractivity contribution in [1.82, 2.24) is 0 Å². The minimum atomic E-state index is -4.58. The van der Waals surface area contributed by atoms with Crippen LogP contribution < -0.4 is 0 Å². The summed E-state index contributed by atoms with van der Waals surface area (Å²) in [7, 11) is -8.02. The van der Waals surface area contributed by atoms with Crippen LogP contribution in [0.4, 0.5) is 0 Å². The van der Waals surface area contributed by atoms with Crippen LogP contribution in [0.3, 0.4) is 0 Å². The summed E-state index contributed by atoms with van der Waals surface area (Å²) < 4.78 is 50.1. The summed E-state index contributed by atoms with van der Waals surface area (Å²) in [6.45, 7) is 4.85. The second-order valence-corrected chi connectivity index (χ2v) is 22.9. The Morgan fingerprint density at radius 3 is 1.24 bits per heavy atom. The van der Waals surface area contributed by atoms with Crippen LogP contribution >= 0.6 is 15.4 Å². The number of phosphoric ester groups is 1. The molecule has 13 nitrogen and oxygen atoms in total. The van der Waals surface area contributed by atoms with Crippen molar-refractivity contribution in [3.63, 3.8) is 0 Å². The van der Waals surface area contributed by atoms with Gasteiger partial charge in [-0.2, -0.15) is 0 Å². The largest absolute Gasteiger partial charge is 0.472 e. The highest BCUT2D eigenvalue weighted by molar-refractivity contribution is 7.51. The van der Waals surface area contributed by atoms with Gasteiger partial charge < -0.3 is 23.8 Å². The highest BCUT2D eigenvalue weighted by atomic mass is 31.2. The number of carbonyl (C=O) groups excluding carboxylic acids is 4. The first kappa shape index (κ1) is 69.0. The fourth-order valence-electron chi connectivity index (χ4n) is 8.06. The third kappa shape index (κ3) is 54.1. The van der Waals surface area contributed by atoms with E-state index in [1.807, 2.05) is 0 Å². The third-order valence-electron chi connectivity index (χ3n) is 12.4. The minimum absolute atomic E-state index is 0.0749. The van der Waals surface area contributed by atoms with Crippen molar-refractivity contribution < 1.29 is 61.1 Å². The number of Topliss-reactive ketones (excluding diaryl/α,β-unsaturated/α-hetero) is 2. The number of carbonyl (C=O) groups is 4. The number of esters is 2. The Balaban J connectivity index is 4.60. The van der Waals surface area contributed by atoms with Gasteiger partial charge in [0, 0.05) is 45.2 Å². The summed E-state index contributed by atoms with van der Waals surface area (Å²) in [4.78, 5) is 69.7. The van der Waals surface area contributed by atoms with Crippen molar-refractivity contribution in [1.29, 1.82) is 0 Å². The van der Waals surface area contributed by atoms with Crippen LogP contribution in [0.2, 0.25) is 0 Å². The lowest BCUT2D eigenvalue weighted by Crippen LogP contribution is -2.29. The minimum Gasteiger partial charge on any atom is -0.462 e. The number of unbranched alkanes of at least 4 members (excludes halogenated alkanes) is 27. The number of hydrogen-bond acceptors (Lipinski definition) is 11. The number of phosphoric acid groups is 1. The molecule has 0 aliphatic rings. The van der Waals surface area contributed by atoms with Crippen LogP contribution in [0, 0.1) is 0 Å². The molecule has 0 spiro atoms. The van der Waals surface area contributed by atoms with Gasteiger partial charge in [-0.15, -0.1) is 0 Å². The van der Waals surface area contributed by atoms with E-state index in [0.717, 1.165) is 109 Å². The molecule has 0 saturated carbocycles. The summed E-state index contributed by atoms with van der Waals surface area (Å²) >= 11 is 0. The van der Waals surface area contributed by atoms with Gasteiger partial charge in [-0.05, 0) is 89.9 Å². The van der Waals surface area contributed by atoms with E-state index in [-0.39, 0.29) is 63.5 Å². The summed E-state index contributed by atoms with van der Waals surface area (Å²) in [5, 5.41) is 0. The van der Waals surface area contributed by atoms with Gasteiger partial charge in [0.25, 0.3) is 0 Å². The van der Waals surface area contributed by atoms with E-state index in [9.17, 15) is 33.2 Å². The lowest BCUT2D eigenvalue weighted by molar-refractivity contribution is -0.161. The topological polar surface area (TPSA) is 189 Å². The monoisotopic (exact) mass is 1050 g/mol. The van der Waals surface area contributed by atoms with Gasteiger partial charge in [0.05, 0.1) is 19.8 Å². The Kier molecular flexibility index (Phi) is 48.8. The molecule has 0 aliphatic carbocycles. The number of ether oxygens (including phenoxy) is 2. The fraction of sp³-hybridized carbons (Fsp3) is 0.857. The van der Waals surface area contributed by atoms with Crippen LogP contribution in [-0.4, -0.2) is 72.5 Å². The zero-order valence-corrected chi connectivity index (χ0v) is 47.1. The second-order valence-electron chi connectivity index (χ2n) is 19.6. The average Bonchev–Trinajstić information content (AvgIpc) is 3.32. The highest BCUT2D eigenvalue weighted by Gasteiger charge is 2.26. The first-order chi connectivity index (χ1) is 34.3. The molecular formula is C56H104O13P2. The fourth-order valence-corrected chi connectivity index (χ4v) is 9.32. The van der Waals surface area contributed by atoms with Crippen molar-refractivity contribution in [2.45, 2.75) is 277 Å². The van der Waals surface area contributed by atoms with Crippen LogP contribution in [0.1, 0.15) is 271 Å². The molecule has 2 N–H and O–H groups in total. The van der Waals surface area contributed by atoms with E-state index >= 15 is 0 Å². The molecule has 0 rings (SSSR count). The van der Waals surface area contributed by atoms with Crippen molar-refractivity contribution >= 4 is 38.9 Å². The molecule has 2 unspecified atom stereocenters. The molecule has 0 aliphatic heterocycles. The van der Waals surface area contributed by atoms with Crippen LogP contribution in [0.25, 0.3) is 0 Å². The van der Waals surface area contributed by atoms with Gasteiger partial charge in [0.2, 0.25) is 0 Å². The molecule has 0 aromatic rings. The van der Waals surface area contributed by atoms with E-state index in [0.29, 0.717) is 38.5 Å². The molecule has 0 aromatic heterocycles. The second kappa shape index (κ2) is 50.2. The van der Waals surface area contributed by atoms with Gasteiger partial charge in [-0.1, -0.05) is 167 Å². The van der Waals surface area contributed by atoms with Crippen LogP contribution in [0.15, 0.2) is 24.3 Å². The zero-order valence-electron chi connectivity index (χ0n) is 45.3. The molecular weight excluding hydrogens is 943 g/mol. The molecule has 0 radical (unpaired) electrons. The van der Waals surface area contributed by atoms with Gasteiger partial charge in [-0.3, -0.25) is 32.8 Å². The predicted octanol–water partition coefficient (Wildman–Crippen LogP) is 16.3. The first-order valence-corrected chi connectivity index (χ1v) is 32.0. The summed E-state index contributed by atoms with van der Waals surface area (Å²) in [6, 6.07) is 0. The van der Waals surface area contributed by atoms with Gasteiger partial charge in [0.1, 0.15) is 18.2 Å². The maximum atomic E-state index is 12.8. The highest BCUT2D eigenvalue weighted by Crippen LogP contribution is 2.43. The smallest absolute Gasteiger partial charge is 0.462 e. The van der Waals surface area contributed by atoms with Gasteiger partial charge in [-0.25, -0.2) is 4.57 Å². The van der Waals surface area contributed by atoms with Gasteiger partial charge >= 0.3 is 27.4 Å². The van der Waals surface area contributed by atoms with E-state index < -0.39 is 40.1 Å². The molecule has 3 atom stereocenters. The Bertz CT molecular complexity index is 1450. The Hall–Kier alpha value is -1.98. The van der Waals surface area contributed by atoms with E-state index in [1.54, 1.807) is 0 Å². The molecule has 0 heterocycles. The Morgan fingerprint density at radius 2 is 0.775 bits per heavy atom. The number of allylic oxidation sites excluding steroid dienone is 4. The molecule has 0 bridgehead atoms. The summed E-state index contributed by atoms with van der Waals surface area (Å²) in [6.07, 6.45) is 45.5. The lowest BCUT2D eigenvalue weighted by Gasteiger charge is -2.20.